The zero-order valence-electron chi connectivity index (χ0n) is 50.0. The zero-order chi connectivity index (χ0) is 62.8. The fourth-order valence-electron chi connectivity index (χ4n) is 16.2. The normalized spacial score (nSPS) is 53.6. The van der Waals surface area contributed by atoms with Gasteiger partial charge in [0.2, 0.25) is 0 Å². The van der Waals surface area contributed by atoms with Crippen LogP contribution in [0.1, 0.15) is 107 Å². The highest BCUT2D eigenvalue weighted by atomic mass is 32.3. The van der Waals surface area contributed by atoms with E-state index in [1.54, 1.807) is 0 Å². The fourth-order valence-corrected chi connectivity index (χ4v) is 16.7. The molecular formula is C57H94O28S. The predicted molar refractivity (Wildman–Crippen MR) is 289 cm³/mol. The van der Waals surface area contributed by atoms with Crippen LogP contribution >= 0.6 is 0 Å². The highest BCUT2D eigenvalue weighted by Crippen LogP contribution is 2.68. The molecule has 86 heavy (non-hydrogen) atoms. The third kappa shape index (κ3) is 12.5. The summed E-state index contributed by atoms with van der Waals surface area (Å²) in [6, 6.07) is 0. The largest absolute Gasteiger partial charge is 0.397 e. The average molecular weight is 1260 g/mol. The van der Waals surface area contributed by atoms with Crippen molar-refractivity contribution in [2.24, 2.45) is 46.3 Å². The molecule has 0 unspecified atom stereocenters. The number of ether oxygens (including phenoxy) is 11. The molecule has 10 rings (SSSR count). The summed E-state index contributed by atoms with van der Waals surface area (Å²) in [6.45, 7) is 15.4. The Hall–Kier alpha value is -1.35. The molecule has 14 N–H and O–H groups in total. The zero-order valence-corrected chi connectivity index (χ0v) is 50.8. The van der Waals surface area contributed by atoms with Gasteiger partial charge < -0.3 is 118 Å². The van der Waals surface area contributed by atoms with Gasteiger partial charge in [-0.2, -0.15) is 8.42 Å². The Morgan fingerprint density at radius 2 is 1.17 bits per heavy atom. The number of aliphatic hydroxyl groups excluding tert-OH is 12. The maximum absolute atomic E-state index is 12.5. The lowest BCUT2D eigenvalue weighted by atomic mass is 9.47. The number of rotatable bonds is 17. The Morgan fingerprint density at radius 1 is 0.616 bits per heavy atom. The number of aliphatic hydroxyl groups is 13. The summed E-state index contributed by atoms with van der Waals surface area (Å²) in [6.07, 6.45) is -37.2. The lowest BCUT2D eigenvalue weighted by Crippen LogP contribution is -2.67. The predicted octanol–water partition coefficient (Wildman–Crippen LogP) is -2.62. The number of epoxide rings is 1. The summed E-state index contributed by atoms with van der Waals surface area (Å²) in [5, 5.41) is 146. The Morgan fingerprint density at radius 3 is 1.76 bits per heavy atom. The van der Waals surface area contributed by atoms with Gasteiger partial charge >= 0.3 is 10.4 Å². The second kappa shape index (κ2) is 25.5. The van der Waals surface area contributed by atoms with Gasteiger partial charge in [0.05, 0.1) is 55.4 Å². The van der Waals surface area contributed by atoms with Gasteiger partial charge in [0, 0.05) is 0 Å². The quantitative estimate of drug-likeness (QED) is 0.0403. The van der Waals surface area contributed by atoms with Gasteiger partial charge in [0.25, 0.3) is 0 Å². The third-order valence-electron chi connectivity index (χ3n) is 21.7. The van der Waals surface area contributed by atoms with Crippen LogP contribution in [-0.2, 0) is 66.7 Å². The number of fused-ring (bicyclic) bond motifs is 5. The molecule has 6 aliphatic heterocycles. The lowest BCUT2D eigenvalue weighted by Gasteiger charge is -2.60. The molecule has 6 saturated heterocycles. The van der Waals surface area contributed by atoms with Gasteiger partial charge in [0.1, 0.15) is 104 Å². The van der Waals surface area contributed by atoms with Crippen molar-refractivity contribution in [3.05, 3.63) is 11.6 Å². The fraction of sp³-hybridized carbons (Fsp3) is 0.965. The van der Waals surface area contributed by atoms with Crippen LogP contribution in [0.15, 0.2) is 11.6 Å². The molecule has 29 heteroatoms. The van der Waals surface area contributed by atoms with Gasteiger partial charge in [-0.25, -0.2) is 4.18 Å². The van der Waals surface area contributed by atoms with Crippen LogP contribution < -0.4 is 0 Å². The van der Waals surface area contributed by atoms with Crippen molar-refractivity contribution < 1.29 is 136 Å². The Kier molecular flexibility index (Phi) is 20.0. The molecule has 496 valence electrons. The Balaban J connectivity index is 0.912. The highest BCUT2D eigenvalue weighted by molar-refractivity contribution is 7.80. The van der Waals surface area contributed by atoms with E-state index in [-0.39, 0.29) is 54.1 Å². The lowest BCUT2D eigenvalue weighted by molar-refractivity contribution is -0.398. The molecule has 0 spiro atoms. The van der Waals surface area contributed by atoms with E-state index in [2.05, 4.69) is 40.7 Å². The molecular weight excluding hydrogens is 1160 g/mol. The minimum atomic E-state index is -4.87. The van der Waals surface area contributed by atoms with Crippen molar-refractivity contribution in [1.82, 2.24) is 0 Å². The minimum absolute atomic E-state index is 0.0597. The van der Waals surface area contributed by atoms with Crippen molar-refractivity contribution in [2.75, 3.05) is 13.2 Å². The first kappa shape index (κ1) is 67.5. The molecule has 9 fully saturated rings. The van der Waals surface area contributed by atoms with E-state index in [1.165, 1.54) is 26.3 Å². The smallest absolute Gasteiger partial charge is 0.394 e. The molecule has 36 atom stereocenters. The van der Waals surface area contributed by atoms with Gasteiger partial charge in [-0.1, -0.05) is 46.3 Å². The van der Waals surface area contributed by atoms with Crippen molar-refractivity contribution in [3.63, 3.8) is 0 Å². The minimum Gasteiger partial charge on any atom is -0.394 e. The van der Waals surface area contributed by atoms with Crippen molar-refractivity contribution in [3.8, 4) is 0 Å². The van der Waals surface area contributed by atoms with Crippen molar-refractivity contribution in [2.45, 2.75) is 285 Å². The van der Waals surface area contributed by atoms with E-state index < -0.39 is 200 Å². The van der Waals surface area contributed by atoms with E-state index in [1.807, 2.05) is 6.92 Å². The van der Waals surface area contributed by atoms with E-state index in [0.29, 0.717) is 25.2 Å². The number of allylic oxidation sites excluding steroid dienone is 2. The van der Waals surface area contributed by atoms with Crippen LogP contribution in [0, 0.1) is 46.3 Å². The average Bonchev–Trinajstić information content (AvgIpc) is 1.38. The van der Waals surface area contributed by atoms with Gasteiger partial charge in [-0.05, 0) is 119 Å². The topological polar surface area (TPSA) is 431 Å². The van der Waals surface area contributed by atoms with Crippen LogP contribution in [0.2, 0.25) is 0 Å². The van der Waals surface area contributed by atoms with Crippen LogP contribution in [0.3, 0.4) is 0 Å². The van der Waals surface area contributed by atoms with E-state index in [9.17, 15) is 79.4 Å². The second-order valence-corrected chi connectivity index (χ2v) is 28.4. The van der Waals surface area contributed by atoms with Crippen molar-refractivity contribution in [1.29, 1.82) is 0 Å². The molecule has 28 nitrogen and oxygen atoms in total. The van der Waals surface area contributed by atoms with E-state index in [4.69, 9.17) is 56.3 Å². The van der Waals surface area contributed by atoms with E-state index >= 15 is 0 Å². The molecule has 10 aliphatic rings. The molecule has 4 aliphatic carbocycles. The van der Waals surface area contributed by atoms with Gasteiger partial charge in [0.15, 0.2) is 31.5 Å². The molecule has 0 bridgehead atoms. The number of hydrogen-bond acceptors (Lipinski definition) is 27. The summed E-state index contributed by atoms with van der Waals surface area (Å²) in [7, 11) is -4.87. The molecule has 0 aromatic rings. The van der Waals surface area contributed by atoms with Crippen LogP contribution in [0.4, 0.5) is 0 Å². The van der Waals surface area contributed by atoms with Crippen molar-refractivity contribution >= 4 is 10.4 Å². The first-order valence-electron chi connectivity index (χ1n) is 30.6. The molecule has 6 heterocycles. The van der Waals surface area contributed by atoms with Crippen LogP contribution in [0.25, 0.3) is 0 Å². The highest BCUT2D eigenvalue weighted by Gasteiger charge is 2.67. The Labute approximate surface area is 500 Å². The van der Waals surface area contributed by atoms with Crippen LogP contribution in [0.5, 0.6) is 0 Å². The third-order valence-corrected chi connectivity index (χ3v) is 22.2. The Bertz CT molecular complexity index is 2460. The second-order valence-electron chi connectivity index (χ2n) is 27.3. The SMILES string of the molecule is CC(C)[C@@H](C)[C@H]1O[C@@H]1[C@](C)(O)[C@H]1CC[C@H]2[C@@H]3C[C@H](O[C@@H]4O[C@H](C)[C@@H](O)[C@H](O[C@@H]5OC[C@@H](O[C@@H]6O[C@H](CO)[C@H](O)[C@H](O)[C@H]6O[C@@H]6O[C@H](C)[C@@H](O)[C@H](O)[C@H]6O)[C@H](O)[C@H]5O[C@@H]5O[C@H](C)[C@@H](O)[C@H](O)[C@H]5O)[C@H]4O)[C@H]4C[C@@H](OS(=O)(=O)O)CC[C@]4(C)C3=CC[C@]12C. The van der Waals surface area contributed by atoms with Gasteiger partial charge in [-0.15, -0.1) is 0 Å². The molecule has 3 saturated carbocycles. The van der Waals surface area contributed by atoms with Gasteiger partial charge in [-0.3, -0.25) is 4.55 Å². The summed E-state index contributed by atoms with van der Waals surface area (Å²) in [5.41, 5.74) is -0.931. The standard InChI is InChI=1S/C57H94O28S/c1-20(2)21(3)45-49(81-45)57(9,70)33-11-10-27-26-17-30(29-16-25(85-86(71,72)73)12-14-55(29,7)28(26)13-15-56(27,33)8)78-52-44(69)46(36(61)24(6)77-52)82-53-47(83-50-42(67)39(64)34(59)22(4)75-50)38(63)32(19-74-53)80-54-48(41(66)37(62)31(18-58)79-54)84-51-43(68)40(65)35(60)23(5)76-51/h13,20-27,29-54,58-70H,10-12,14-19H2,1-9H3,(H,71,72,73)/t21-,22-,23-,24-,25+,26+,27+,29-,30+,31-,32-,33+,34-,35-,36-,37+,38+,39+,40+,41+,42-,43-,44-,45-,46+,47-,48-,49+,50+,51+,52+,53+,54+,55-,56+,57-/m1/s1. The first-order valence-corrected chi connectivity index (χ1v) is 31.9. The maximum atomic E-state index is 12.5. The summed E-state index contributed by atoms with van der Waals surface area (Å²) in [5.74, 6) is -0.0475. The van der Waals surface area contributed by atoms with Crippen LogP contribution in [-0.4, -0.2) is 270 Å². The summed E-state index contributed by atoms with van der Waals surface area (Å²) < 4.78 is 107. The summed E-state index contributed by atoms with van der Waals surface area (Å²) in [4.78, 5) is 0. The number of hydrogen-bond donors (Lipinski definition) is 14. The first-order chi connectivity index (χ1) is 40.2. The monoisotopic (exact) mass is 1260 g/mol. The molecule has 0 aromatic heterocycles. The summed E-state index contributed by atoms with van der Waals surface area (Å²) >= 11 is 0. The molecule has 0 radical (unpaired) electrons. The maximum Gasteiger partial charge on any atom is 0.397 e. The molecule has 0 aromatic carbocycles. The molecule has 0 amide bonds. The van der Waals surface area contributed by atoms with E-state index in [0.717, 1.165) is 12.8 Å².